The topological polar surface area (TPSA) is 81.3 Å². The van der Waals surface area contributed by atoms with Gasteiger partial charge in [0.25, 0.3) is 5.56 Å². The second-order valence-corrected chi connectivity index (χ2v) is 6.44. The second kappa shape index (κ2) is 7.98. The Morgan fingerprint density at radius 3 is 2.72 bits per heavy atom. The fourth-order valence-corrected chi connectivity index (χ4v) is 3.03. The molecule has 1 N–H and O–H groups in total. The standard InChI is InChI=1S/C23H18N2O4/c1-28-18-10-9-16-12-15(6-8-17(16)13-18)7-11-22(26)29-14-21-24-20-5-3-2-4-19(20)23(27)25-21/h2-13H,14H2,1H3,(H,24,25,27)/b11-7+. The monoisotopic (exact) mass is 386 g/mol. The lowest BCUT2D eigenvalue weighted by Crippen LogP contribution is -2.13. The van der Waals surface area contributed by atoms with Gasteiger partial charge in [-0.05, 0) is 52.7 Å². The quantitative estimate of drug-likeness (QED) is 0.416. The molecule has 0 aliphatic rings. The average Bonchev–Trinajstić information content (AvgIpc) is 2.75. The fourth-order valence-electron chi connectivity index (χ4n) is 3.03. The van der Waals surface area contributed by atoms with E-state index in [9.17, 15) is 9.59 Å². The van der Waals surface area contributed by atoms with E-state index in [1.165, 1.54) is 6.08 Å². The Bertz CT molecular complexity index is 1290. The van der Waals surface area contributed by atoms with Gasteiger partial charge in [-0.3, -0.25) is 4.79 Å². The number of hydrogen-bond donors (Lipinski definition) is 1. The Balaban J connectivity index is 1.43. The Labute approximate surface area is 166 Å². The maximum Gasteiger partial charge on any atom is 0.331 e. The van der Waals surface area contributed by atoms with Crippen molar-refractivity contribution < 1.29 is 14.3 Å². The summed E-state index contributed by atoms with van der Waals surface area (Å²) in [5.74, 6) is 0.579. The molecule has 0 saturated heterocycles. The molecule has 1 aromatic heterocycles. The highest BCUT2D eigenvalue weighted by molar-refractivity contribution is 5.90. The van der Waals surface area contributed by atoms with E-state index in [0.29, 0.717) is 16.7 Å². The number of benzene rings is 3. The second-order valence-electron chi connectivity index (χ2n) is 6.44. The third-order valence-corrected chi connectivity index (χ3v) is 4.50. The van der Waals surface area contributed by atoms with Gasteiger partial charge in [0.1, 0.15) is 18.2 Å². The largest absolute Gasteiger partial charge is 0.497 e. The number of para-hydroxylation sites is 1. The molecular formula is C23H18N2O4. The van der Waals surface area contributed by atoms with Gasteiger partial charge >= 0.3 is 5.97 Å². The number of aromatic amines is 1. The molecule has 4 aromatic rings. The molecule has 0 bridgehead atoms. The summed E-state index contributed by atoms with van der Waals surface area (Å²) < 4.78 is 10.4. The molecule has 0 fully saturated rings. The molecule has 6 nitrogen and oxygen atoms in total. The van der Waals surface area contributed by atoms with Crippen molar-refractivity contribution in [1.29, 1.82) is 0 Å². The first-order valence-electron chi connectivity index (χ1n) is 9.03. The number of H-pyrrole nitrogens is 1. The number of rotatable bonds is 5. The lowest BCUT2D eigenvalue weighted by molar-refractivity contribution is -0.139. The van der Waals surface area contributed by atoms with Crippen LogP contribution in [0.4, 0.5) is 0 Å². The number of nitrogens with one attached hydrogen (secondary N) is 1. The van der Waals surface area contributed by atoms with Gasteiger partial charge in [0, 0.05) is 6.08 Å². The average molecular weight is 386 g/mol. The summed E-state index contributed by atoms with van der Waals surface area (Å²) in [7, 11) is 1.63. The molecule has 3 aromatic carbocycles. The molecule has 0 aliphatic carbocycles. The summed E-state index contributed by atoms with van der Waals surface area (Å²) in [6.45, 7) is -0.110. The number of fused-ring (bicyclic) bond motifs is 2. The predicted molar refractivity (Wildman–Crippen MR) is 112 cm³/mol. The van der Waals surface area contributed by atoms with Gasteiger partial charge in [0.05, 0.1) is 18.0 Å². The van der Waals surface area contributed by atoms with E-state index >= 15 is 0 Å². The zero-order valence-electron chi connectivity index (χ0n) is 15.7. The van der Waals surface area contributed by atoms with Crippen molar-refractivity contribution in [2.75, 3.05) is 7.11 Å². The van der Waals surface area contributed by atoms with Crippen molar-refractivity contribution in [3.63, 3.8) is 0 Å². The maximum atomic E-state index is 12.0. The van der Waals surface area contributed by atoms with Crippen LogP contribution < -0.4 is 10.3 Å². The van der Waals surface area contributed by atoms with E-state index in [-0.39, 0.29) is 12.2 Å². The third kappa shape index (κ3) is 4.16. The van der Waals surface area contributed by atoms with Crippen molar-refractivity contribution in [3.05, 3.63) is 88.5 Å². The van der Waals surface area contributed by atoms with E-state index in [1.54, 1.807) is 37.5 Å². The molecule has 1 heterocycles. The van der Waals surface area contributed by atoms with Crippen LogP contribution in [0.2, 0.25) is 0 Å². The zero-order chi connectivity index (χ0) is 20.2. The number of ether oxygens (including phenoxy) is 2. The molecule has 0 amide bonds. The highest BCUT2D eigenvalue weighted by Gasteiger charge is 2.05. The summed E-state index contributed by atoms with van der Waals surface area (Å²) in [6.07, 6.45) is 3.03. The van der Waals surface area contributed by atoms with E-state index in [0.717, 1.165) is 22.1 Å². The van der Waals surface area contributed by atoms with Gasteiger partial charge in [0.2, 0.25) is 0 Å². The SMILES string of the molecule is COc1ccc2cc(/C=C/C(=O)OCc3nc4ccccc4c(=O)[nH]3)ccc2c1. The van der Waals surface area contributed by atoms with E-state index in [2.05, 4.69) is 9.97 Å². The minimum Gasteiger partial charge on any atom is -0.497 e. The molecular weight excluding hydrogens is 368 g/mol. The first-order valence-corrected chi connectivity index (χ1v) is 9.03. The Morgan fingerprint density at radius 2 is 1.86 bits per heavy atom. The van der Waals surface area contributed by atoms with Gasteiger partial charge in [-0.2, -0.15) is 0 Å². The predicted octanol–water partition coefficient (Wildman–Crippen LogP) is 3.84. The number of carbonyl (C=O) groups is 1. The molecule has 0 spiro atoms. The van der Waals surface area contributed by atoms with Crippen LogP contribution in [0.1, 0.15) is 11.4 Å². The van der Waals surface area contributed by atoms with Crippen LogP contribution in [-0.2, 0) is 16.1 Å². The van der Waals surface area contributed by atoms with Crippen LogP contribution in [0, 0.1) is 0 Å². The summed E-state index contributed by atoms with van der Waals surface area (Å²) in [5.41, 5.74) is 1.17. The van der Waals surface area contributed by atoms with E-state index in [1.807, 2.05) is 36.4 Å². The van der Waals surface area contributed by atoms with Crippen LogP contribution in [-0.4, -0.2) is 23.0 Å². The van der Waals surface area contributed by atoms with Crippen LogP contribution in [0.25, 0.3) is 27.8 Å². The number of methoxy groups -OCH3 is 1. The number of hydrogen-bond acceptors (Lipinski definition) is 5. The lowest BCUT2D eigenvalue weighted by Gasteiger charge is -2.04. The first-order chi connectivity index (χ1) is 14.1. The van der Waals surface area contributed by atoms with Gasteiger partial charge in [-0.25, -0.2) is 9.78 Å². The van der Waals surface area contributed by atoms with Gasteiger partial charge in [-0.15, -0.1) is 0 Å². The summed E-state index contributed by atoms with van der Waals surface area (Å²) in [5, 5.41) is 2.59. The molecule has 4 rings (SSSR count). The number of carbonyl (C=O) groups excluding carboxylic acids is 1. The number of aromatic nitrogens is 2. The van der Waals surface area contributed by atoms with E-state index in [4.69, 9.17) is 9.47 Å². The fraction of sp³-hybridized carbons (Fsp3) is 0.0870. The zero-order valence-corrected chi connectivity index (χ0v) is 15.7. The lowest BCUT2D eigenvalue weighted by atomic mass is 10.1. The van der Waals surface area contributed by atoms with E-state index < -0.39 is 5.97 Å². The highest BCUT2D eigenvalue weighted by atomic mass is 16.5. The van der Waals surface area contributed by atoms with Crippen molar-refractivity contribution in [2.24, 2.45) is 0 Å². The Kier molecular flexibility index (Phi) is 5.07. The van der Waals surface area contributed by atoms with Crippen LogP contribution in [0.3, 0.4) is 0 Å². The van der Waals surface area contributed by atoms with Crippen molar-refractivity contribution in [3.8, 4) is 5.75 Å². The third-order valence-electron chi connectivity index (χ3n) is 4.50. The van der Waals surface area contributed by atoms with Crippen molar-refractivity contribution in [2.45, 2.75) is 6.61 Å². The Morgan fingerprint density at radius 1 is 1.07 bits per heavy atom. The summed E-state index contributed by atoms with van der Waals surface area (Å²) in [4.78, 5) is 31.0. The van der Waals surface area contributed by atoms with Crippen molar-refractivity contribution in [1.82, 2.24) is 9.97 Å². The summed E-state index contributed by atoms with van der Waals surface area (Å²) >= 11 is 0. The van der Waals surface area contributed by atoms with Crippen molar-refractivity contribution >= 4 is 33.7 Å². The summed E-state index contributed by atoms with van der Waals surface area (Å²) in [6, 6.07) is 18.7. The maximum absolute atomic E-state index is 12.0. The molecule has 0 unspecified atom stereocenters. The molecule has 0 atom stereocenters. The highest BCUT2D eigenvalue weighted by Crippen LogP contribution is 2.22. The normalized spacial score (nSPS) is 11.2. The molecule has 0 radical (unpaired) electrons. The van der Waals surface area contributed by atoms with Crippen LogP contribution >= 0.6 is 0 Å². The number of esters is 1. The molecule has 144 valence electrons. The molecule has 29 heavy (non-hydrogen) atoms. The number of nitrogens with zero attached hydrogens (tertiary/aromatic N) is 1. The van der Waals surface area contributed by atoms with Gasteiger partial charge in [-0.1, -0.05) is 30.3 Å². The van der Waals surface area contributed by atoms with Gasteiger partial charge in [0.15, 0.2) is 0 Å². The molecule has 6 heteroatoms. The minimum atomic E-state index is -0.518. The molecule has 0 saturated carbocycles. The smallest absolute Gasteiger partial charge is 0.331 e. The Hall–Kier alpha value is -3.93. The minimum absolute atomic E-state index is 0.110. The van der Waals surface area contributed by atoms with Crippen LogP contribution in [0.15, 0.2) is 71.5 Å². The van der Waals surface area contributed by atoms with Crippen LogP contribution in [0.5, 0.6) is 5.75 Å². The molecule has 0 aliphatic heterocycles. The first kappa shape index (κ1) is 18.4. The van der Waals surface area contributed by atoms with Gasteiger partial charge < -0.3 is 14.5 Å².